The van der Waals surface area contributed by atoms with E-state index >= 15 is 0 Å². The molecule has 1 amide bonds. The van der Waals surface area contributed by atoms with Crippen LogP contribution in [0.25, 0.3) is 0 Å². The molecule has 2 rings (SSSR count). The lowest BCUT2D eigenvalue weighted by atomic mass is 9.96. The molecule has 2 aromatic carbocycles. The number of anilines is 1. The standard InChI is InChI=1S/C22H30N2O4S/c1-14-12-16(3)21(13-15(14)2)17(4)23-22(25)18(5)28-20-10-8-19(9-11-20)24(6)29(7,26)27/h8-13,17-18H,1-7H3,(H,23,25)/t17-,18-/m1/s1. The molecule has 2 atom stereocenters. The van der Waals surface area contributed by atoms with Gasteiger partial charge < -0.3 is 10.1 Å². The Bertz CT molecular complexity index is 985. The molecule has 0 radical (unpaired) electrons. The van der Waals surface area contributed by atoms with Crippen molar-refractivity contribution in [3.8, 4) is 5.75 Å². The summed E-state index contributed by atoms with van der Waals surface area (Å²) < 4.78 is 30.1. The van der Waals surface area contributed by atoms with Gasteiger partial charge in [0, 0.05) is 7.05 Å². The zero-order chi connectivity index (χ0) is 21.9. The Labute approximate surface area is 173 Å². The number of hydrogen-bond donors (Lipinski definition) is 1. The Kier molecular flexibility index (Phi) is 6.95. The van der Waals surface area contributed by atoms with Gasteiger partial charge in [-0.05, 0) is 81.1 Å². The quantitative estimate of drug-likeness (QED) is 0.745. The Balaban J connectivity index is 2.03. The maximum atomic E-state index is 12.6. The molecular weight excluding hydrogens is 388 g/mol. The molecule has 0 spiro atoms. The lowest BCUT2D eigenvalue weighted by Crippen LogP contribution is -2.38. The van der Waals surface area contributed by atoms with Crippen LogP contribution in [0.15, 0.2) is 36.4 Å². The summed E-state index contributed by atoms with van der Waals surface area (Å²) in [5, 5.41) is 3.00. The number of carbonyl (C=O) groups is 1. The van der Waals surface area contributed by atoms with E-state index < -0.39 is 16.1 Å². The zero-order valence-corrected chi connectivity index (χ0v) is 18.9. The highest BCUT2D eigenvalue weighted by atomic mass is 32.2. The molecule has 0 aliphatic carbocycles. The maximum Gasteiger partial charge on any atom is 0.261 e. The van der Waals surface area contributed by atoms with Crippen LogP contribution in [0.3, 0.4) is 0 Å². The topological polar surface area (TPSA) is 75.7 Å². The molecule has 6 nitrogen and oxygen atoms in total. The minimum Gasteiger partial charge on any atom is -0.481 e. The number of carbonyl (C=O) groups excluding carboxylic acids is 1. The fourth-order valence-electron chi connectivity index (χ4n) is 3.04. The molecule has 0 bridgehead atoms. The first-order chi connectivity index (χ1) is 13.4. The van der Waals surface area contributed by atoms with Gasteiger partial charge in [-0.1, -0.05) is 12.1 Å². The van der Waals surface area contributed by atoms with Crippen molar-refractivity contribution in [2.24, 2.45) is 0 Å². The number of nitrogens with one attached hydrogen (secondary N) is 1. The van der Waals surface area contributed by atoms with Gasteiger partial charge in [0.1, 0.15) is 5.75 Å². The summed E-state index contributed by atoms with van der Waals surface area (Å²) in [6, 6.07) is 10.7. The van der Waals surface area contributed by atoms with Crippen LogP contribution in [0.2, 0.25) is 0 Å². The van der Waals surface area contributed by atoms with Gasteiger partial charge >= 0.3 is 0 Å². The first kappa shape index (κ1) is 22.7. The second kappa shape index (κ2) is 8.86. The Hall–Kier alpha value is -2.54. The molecule has 0 fully saturated rings. The molecule has 0 aliphatic rings. The fraction of sp³-hybridized carbons (Fsp3) is 0.409. The van der Waals surface area contributed by atoms with Crippen LogP contribution >= 0.6 is 0 Å². The van der Waals surface area contributed by atoms with E-state index in [1.54, 1.807) is 31.2 Å². The Morgan fingerprint density at radius 3 is 2.10 bits per heavy atom. The molecule has 7 heteroatoms. The fourth-order valence-corrected chi connectivity index (χ4v) is 3.55. The summed E-state index contributed by atoms with van der Waals surface area (Å²) in [7, 11) is -1.84. The van der Waals surface area contributed by atoms with Crippen molar-refractivity contribution in [3.05, 3.63) is 58.7 Å². The number of rotatable bonds is 7. The molecule has 0 saturated heterocycles. The predicted molar refractivity (Wildman–Crippen MR) is 117 cm³/mol. The monoisotopic (exact) mass is 418 g/mol. The molecule has 0 unspecified atom stereocenters. The van der Waals surface area contributed by atoms with Crippen molar-refractivity contribution in [1.29, 1.82) is 0 Å². The smallest absolute Gasteiger partial charge is 0.261 e. The number of aryl methyl sites for hydroxylation is 3. The van der Waals surface area contributed by atoms with Crippen LogP contribution in [0.5, 0.6) is 5.75 Å². The van der Waals surface area contributed by atoms with Crippen LogP contribution < -0.4 is 14.4 Å². The normalized spacial score (nSPS) is 13.5. The number of benzene rings is 2. The largest absolute Gasteiger partial charge is 0.481 e. The third-order valence-electron chi connectivity index (χ3n) is 5.09. The number of hydrogen-bond acceptors (Lipinski definition) is 4. The van der Waals surface area contributed by atoms with Crippen LogP contribution in [0, 0.1) is 20.8 Å². The molecule has 2 aromatic rings. The minimum absolute atomic E-state index is 0.140. The van der Waals surface area contributed by atoms with Gasteiger partial charge in [0.05, 0.1) is 18.0 Å². The van der Waals surface area contributed by atoms with E-state index in [9.17, 15) is 13.2 Å². The molecule has 29 heavy (non-hydrogen) atoms. The zero-order valence-electron chi connectivity index (χ0n) is 18.1. The van der Waals surface area contributed by atoms with E-state index in [4.69, 9.17) is 4.74 Å². The Morgan fingerprint density at radius 2 is 1.55 bits per heavy atom. The van der Waals surface area contributed by atoms with E-state index in [1.807, 2.05) is 13.8 Å². The first-order valence-electron chi connectivity index (χ1n) is 9.49. The van der Waals surface area contributed by atoms with Gasteiger partial charge in [-0.3, -0.25) is 9.10 Å². The number of amides is 1. The summed E-state index contributed by atoms with van der Waals surface area (Å²) in [6.07, 6.45) is 0.449. The lowest BCUT2D eigenvalue weighted by Gasteiger charge is -2.21. The van der Waals surface area contributed by atoms with E-state index in [1.165, 1.54) is 22.5 Å². The average molecular weight is 419 g/mol. The van der Waals surface area contributed by atoms with Crippen LogP contribution in [-0.4, -0.2) is 33.7 Å². The van der Waals surface area contributed by atoms with Crippen LogP contribution in [-0.2, 0) is 14.8 Å². The molecule has 0 aromatic heterocycles. The van der Waals surface area contributed by atoms with E-state index in [-0.39, 0.29) is 11.9 Å². The third-order valence-corrected chi connectivity index (χ3v) is 6.29. The van der Waals surface area contributed by atoms with Gasteiger partial charge in [-0.2, -0.15) is 0 Å². The second-order valence-electron chi connectivity index (χ2n) is 7.51. The highest BCUT2D eigenvalue weighted by Gasteiger charge is 2.19. The van der Waals surface area contributed by atoms with Crippen LogP contribution in [0.4, 0.5) is 5.69 Å². The van der Waals surface area contributed by atoms with Gasteiger partial charge in [0.15, 0.2) is 6.10 Å². The minimum atomic E-state index is -3.33. The molecule has 158 valence electrons. The van der Waals surface area contributed by atoms with Crippen molar-refractivity contribution in [1.82, 2.24) is 5.32 Å². The van der Waals surface area contributed by atoms with E-state index in [2.05, 4.69) is 31.3 Å². The van der Waals surface area contributed by atoms with E-state index in [0.29, 0.717) is 11.4 Å². The lowest BCUT2D eigenvalue weighted by molar-refractivity contribution is -0.127. The van der Waals surface area contributed by atoms with E-state index in [0.717, 1.165) is 17.4 Å². The summed E-state index contributed by atoms with van der Waals surface area (Å²) in [6.45, 7) is 9.82. The first-order valence-corrected chi connectivity index (χ1v) is 11.3. The van der Waals surface area contributed by atoms with Crippen molar-refractivity contribution in [2.75, 3.05) is 17.6 Å². The van der Waals surface area contributed by atoms with Gasteiger partial charge in [-0.15, -0.1) is 0 Å². The molecule has 1 N–H and O–H groups in total. The summed E-state index contributed by atoms with van der Waals surface area (Å²) in [5.74, 6) is 0.278. The maximum absolute atomic E-state index is 12.6. The number of ether oxygens (including phenoxy) is 1. The highest BCUT2D eigenvalue weighted by Crippen LogP contribution is 2.23. The van der Waals surface area contributed by atoms with Crippen LogP contribution in [0.1, 0.15) is 42.1 Å². The van der Waals surface area contributed by atoms with Crippen molar-refractivity contribution in [3.63, 3.8) is 0 Å². The molecule has 0 saturated carbocycles. The van der Waals surface area contributed by atoms with Gasteiger partial charge in [0.2, 0.25) is 10.0 Å². The molecular formula is C22H30N2O4S. The van der Waals surface area contributed by atoms with Crippen molar-refractivity contribution in [2.45, 2.75) is 46.8 Å². The molecule has 0 aliphatic heterocycles. The third kappa shape index (κ3) is 5.73. The van der Waals surface area contributed by atoms with Crippen molar-refractivity contribution >= 4 is 21.6 Å². The summed E-state index contributed by atoms with van der Waals surface area (Å²) >= 11 is 0. The van der Waals surface area contributed by atoms with Gasteiger partial charge in [-0.25, -0.2) is 8.42 Å². The number of nitrogens with zero attached hydrogens (tertiary/aromatic N) is 1. The Morgan fingerprint density at radius 1 is 1.00 bits per heavy atom. The molecule has 0 heterocycles. The highest BCUT2D eigenvalue weighted by molar-refractivity contribution is 7.92. The second-order valence-corrected chi connectivity index (χ2v) is 9.52. The average Bonchev–Trinajstić information content (AvgIpc) is 2.63. The summed E-state index contributed by atoms with van der Waals surface area (Å²) in [5.41, 5.74) is 5.17. The SMILES string of the molecule is Cc1cc(C)c([C@@H](C)NC(=O)[C@@H](C)Oc2ccc(N(C)S(C)(=O)=O)cc2)cc1C. The van der Waals surface area contributed by atoms with Crippen molar-refractivity contribution < 1.29 is 17.9 Å². The summed E-state index contributed by atoms with van der Waals surface area (Å²) in [4.78, 5) is 12.6. The predicted octanol–water partition coefficient (Wildman–Crippen LogP) is 3.65. The van der Waals surface area contributed by atoms with Gasteiger partial charge in [0.25, 0.3) is 5.91 Å². The number of sulfonamides is 1.